The Hall–Kier alpha value is -1.91. The molecule has 1 aromatic heterocycles. The third-order valence-electron chi connectivity index (χ3n) is 2.21. The van der Waals surface area contributed by atoms with Crippen LogP contribution in [-0.4, -0.2) is 10.9 Å². The summed E-state index contributed by atoms with van der Waals surface area (Å²) in [6, 6.07) is 6.47. The van der Waals surface area contributed by atoms with Crippen molar-refractivity contribution in [3.05, 3.63) is 35.5 Å². The highest BCUT2D eigenvalue weighted by molar-refractivity contribution is 6.00. The van der Waals surface area contributed by atoms with E-state index in [1.165, 1.54) is 6.07 Å². The van der Waals surface area contributed by atoms with Gasteiger partial charge in [-0.15, -0.1) is 0 Å². The summed E-state index contributed by atoms with van der Waals surface area (Å²) in [4.78, 5) is 13.5. The fraction of sp³-hybridized carbons (Fsp3) is 0.100. The van der Waals surface area contributed by atoms with Crippen molar-refractivity contribution in [2.75, 3.05) is 0 Å². The zero-order valence-corrected chi connectivity index (χ0v) is 7.63. The smallest absolute Gasteiger partial charge is 0.266 e. The highest BCUT2D eigenvalue weighted by Gasteiger charge is 2.22. The molecule has 0 aliphatic heterocycles. The molecule has 0 spiro atoms. The number of halogens is 2. The van der Waals surface area contributed by atoms with Crippen LogP contribution in [0.1, 0.15) is 22.5 Å². The molecule has 1 heterocycles. The average molecular weight is 210 g/mol. The van der Waals surface area contributed by atoms with Crippen LogP contribution in [0, 0.1) is 0 Å². The van der Waals surface area contributed by atoms with Crippen molar-refractivity contribution in [2.24, 2.45) is 5.73 Å². The first-order valence-electron chi connectivity index (χ1n) is 4.30. The number of benzene rings is 1. The molecule has 2 rings (SSSR count). The molecule has 5 heteroatoms. The van der Waals surface area contributed by atoms with E-state index in [0.717, 1.165) is 0 Å². The van der Waals surface area contributed by atoms with Crippen molar-refractivity contribution < 1.29 is 13.6 Å². The Morgan fingerprint density at radius 2 is 2.00 bits per heavy atom. The zero-order chi connectivity index (χ0) is 11.0. The van der Waals surface area contributed by atoms with Gasteiger partial charge in [0, 0.05) is 10.9 Å². The second kappa shape index (κ2) is 3.34. The van der Waals surface area contributed by atoms with Crippen LogP contribution in [0.4, 0.5) is 8.78 Å². The summed E-state index contributed by atoms with van der Waals surface area (Å²) in [6.45, 7) is 0. The van der Waals surface area contributed by atoms with Crippen LogP contribution in [0.5, 0.6) is 0 Å². The third kappa shape index (κ3) is 1.45. The van der Waals surface area contributed by atoms with Gasteiger partial charge in [-0.05, 0) is 6.07 Å². The Labute approximate surface area is 83.9 Å². The molecule has 0 aliphatic rings. The molecule has 0 saturated carbocycles. The molecule has 15 heavy (non-hydrogen) atoms. The number of alkyl halides is 2. The van der Waals surface area contributed by atoms with Crippen molar-refractivity contribution in [3.63, 3.8) is 0 Å². The average Bonchev–Trinajstić information content (AvgIpc) is 2.56. The van der Waals surface area contributed by atoms with Gasteiger partial charge < -0.3 is 10.7 Å². The Kier molecular flexibility index (Phi) is 2.15. The van der Waals surface area contributed by atoms with Crippen molar-refractivity contribution >= 4 is 16.8 Å². The first kappa shape index (κ1) is 9.64. The maximum atomic E-state index is 12.7. The van der Waals surface area contributed by atoms with E-state index in [1.54, 1.807) is 18.2 Å². The molecule has 0 radical (unpaired) electrons. The van der Waals surface area contributed by atoms with Gasteiger partial charge in [-0.1, -0.05) is 18.2 Å². The third-order valence-corrected chi connectivity index (χ3v) is 2.21. The molecule has 0 aliphatic carbocycles. The van der Waals surface area contributed by atoms with Gasteiger partial charge in [0.2, 0.25) is 0 Å². The standard InChI is InChI=1S/C10H8F2N2O/c11-9(12)7-5-3-1-2-4-6(5)14-8(7)10(13)15/h1-4,9,14H,(H2,13,15). The molecule has 1 aromatic carbocycles. The van der Waals surface area contributed by atoms with Crippen LogP contribution in [0.15, 0.2) is 24.3 Å². The molecular weight excluding hydrogens is 202 g/mol. The SMILES string of the molecule is NC(=O)c1[nH]c2ccccc2c1C(F)F. The summed E-state index contributed by atoms with van der Waals surface area (Å²) < 4.78 is 25.4. The minimum atomic E-state index is -2.72. The van der Waals surface area contributed by atoms with Gasteiger partial charge in [-0.25, -0.2) is 8.78 Å². The summed E-state index contributed by atoms with van der Waals surface area (Å²) >= 11 is 0. The largest absolute Gasteiger partial charge is 0.364 e. The molecule has 3 N–H and O–H groups in total. The number of carbonyl (C=O) groups is 1. The Morgan fingerprint density at radius 1 is 1.33 bits per heavy atom. The first-order valence-corrected chi connectivity index (χ1v) is 4.30. The minimum Gasteiger partial charge on any atom is -0.364 e. The summed E-state index contributed by atoms with van der Waals surface area (Å²) in [7, 11) is 0. The van der Waals surface area contributed by atoms with E-state index in [2.05, 4.69) is 4.98 Å². The number of carbonyl (C=O) groups excluding carboxylic acids is 1. The lowest BCUT2D eigenvalue weighted by Gasteiger charge is -1.98. The number of nitrogens with one attached hydrogen (secondary N) is 1. The Bertz CT molecular complexity index is 519. The summed E-state index contributed by atoms with van der Waals surface area (Å²) in [6.07, 6.45) is -2.72. The number of aromatic nitrogens is 1. The molecule has 2 aromatic rings. The predicted molar refractivity (Wildman–Crippen MR) is 51.8 cm³/mol. The number of rotatable bonds is 2. The molecule has 0 fully saturated rings. The van der Waals surface area contributed by atoms with Crippen molar-refractivity contribution in [1.82, 2.24) is 4.98 Å². The van der Waals surface area contributed by atoms with Gasteiger partial charge in [0.25, 0.3) is 12.3 Å². The van der Waals surface area contributed by atoms with E-state index in [4.69, 9.17) is 5.73 Å². The van der Waals surface area contributed by atoms with E-state index in [0.29, 0.717) is 10.9 Å². The molecule has 0 atom stereocenters. The summed E-state index contributed by atoms with van der Waals surface area (Å²) in [5.41, 5.74) is 4.96. The van der Waals surface area contributed by atoms with Crippen LogP contribution in [0.3, 0.4) is 0 Å². The lowest BCUT2D eigenvalue weighted by molar-refractivity contribution is 0.0982. The minimum absolute atomic E-state index is 0.216. The fourth-order valence-electron chi connectivity index (χ4n) is 1.58. The second-order valence-corrected chi connectivity index (χ2v) is 3.12. The molecule has 3 nitrogen and oxygen atoms in total. The predicted octanol–water partition coefficient (Wildman–Crippen LogP) is 2.20. The zero-order valence-electron chi connectivity index (χ0n) is 7.63. The van der Waals surface area contributed by atoms with Crippen molar-refractivity contribution in [1.29, 1.82) is 0 Å². The highest BCUT2D eigenvalue weighted by atomic mass is 19.3. The number of nitrogens with two attached hydrogens (primary N) is 1. The van der Waals surface area contributed by atoms with Crippen molar-refractivity contribution in [2.45, 2.75) is 6.43 Å². The normalized spacial score (nSPS) is 11.1. The van der Waals surface area contributed by atoms with Gasteiger partial charge in [0.05, 0.1) is 5.56 Å². The summed E-state index contributed by atoms with van der Waals surface area (Å²) in [5, 5.41) is 0.335. The lowest BCUT2D eigenvalue weighted by Crippen LogP contribution is -2.13. The Balaban J connectivity index is 2.80. The molecule has 1 amide bonds. The highest BCUT2D eigenvalue weighted by Crippen LogP contribution is 2.30. The van der Waals surface area contributed by atoms with Crippen LogP contribution >= 0.6 is 0 Å². The fourth-order valence-corrected chi connectivity index (χ4v) is 1.58. The number of hydrogen-bond acceptors (Lipinski definition) is 1. The van der Waals surface area contributed by atoms with Crippen LogP contribution in [0.25, 0.3) is 10.9 Å². The van der Waals surface area contributed by atoms with E-state index in [9.17, 15) is 13.6 Å². The number of fused-ring (bicyclic) bond motifs is 1. The van der Waals surface area contributed by atoms with Crippen molar-refractivity contribution in [3.8, 4) is 0 Å². The maximum absolute atomic E-state index is 12.7. The topological polar surface area (TPSA) is 58.9 Å². The lowest BCUT2D eigenvalue weighted by atomic mass is 10.1. The number of hydrogen-bond donors (Lipinski definition) is 2. The van der Waals surface area contributed by atoms with Gasteiger partial charge >= 0.3 is 0 Å². The van der Waals surface area contributed by atoms with E-state index in [1.807, 2.05) is 0 Å². The monoisotopic (exact) mass is 210 g/mol. The number of amides is 1. The molecular formula is C10H8F2N2O. The van der Waals surface area contributed by atoms with Crippen LogP contribution in [0.2, 0.25) is 0 Å². The van der Waals surface area contributed by atoms with E-state index < -0.39 is 12.3 Å². The second-order valence-electron chi connectivity index (χ2n) is 3.12. The molecule has 0 unspecified atom stereocenters. The Morgan fingerprint density at radius 3 is 2.60 bits per heavy atom. The van der Waals surface area contributed by atoms with Gasteiger partial charge in [0.15, 0.2) is 0 Å². The van der Waals surface area contributed by atoms with Crippen LogP contribution in [-0.2, 0) is 0 Å². The van der Waals surface area contributed by atoms with Gasteiger partial charge in [0.1, 0.15) is 5.69 Å². The number of primary amides is 1. The quantitative estimate of drug-likeness (QED) is 0.784. The first-order chi connectivity index (χ1) is 7.11. The number of H-pyrrole nitrogens is 1. The number of aromatic amines is 1. The molecule has 0 saturated heterocycles. The maximum Gasteiger partial charge on any atom is 0.266 e. The van der Waals surface area contributed by atoms with E-state index >= 15 is 0 Å². The summed E-state index contributed by atoms with van der Waals surface area (Å²) in [5.74, 6) is -0.874. The van der Waals surface area contributed by atoms with Gasteiger partial charge in [-0.3, -0.25) is 4.79 Å². The molecule has 78 valence electrons. The van der Waals surface area contributed by atoms with E-state index in [-0.39, 0.29) is 11.3 Å². The van der Waals surface area contributed by atoms with Gasteiger partial charge in [-0.2, -0.15) is 0 Å². The molecule has 0 bridgehead atoms. The number of para-hydroxylation sites is 1. The van der Waals surface area contributed by atoms with Crippen LogP contribution < -0.4 is 5.73 Å².